The zero-order chi connectivity index (χ0) is 5.54. The third kappa shape index (κ3) is 6.41. The van der Waals surface area contributed by atoms with E-state index in [1.807, 2.05) is 0 Å². The van der Waals surface area contributed by atoms with Gasteiger partial charge < -0.3 is 0 Å². The molecule has 0 heterocycles. The maximum Gasteiger partial charge on any atom is 0.132 e. The highest BCUT2D eigenvalue weighted by Gasteiger charge is 1.83. The van der Waals surface area contributed by atoms with E-state index in [4.69, 9.17) is 0 Å². The molecule has 0 aromatic carbocycles. The quantitative estimate of drug-likeness (QED) is 0.321. The van der Waals surface area contributed by atoms with E-state index >= 15 is 0 Å². The average molecular weight is 116 g/mol. The second kappa shape index (κ2) is 6.41. The molecular formula is C5H13BS. The van der Waals surface area contributed by atoms with Gasteiger partial charge in [-0.15, -0.1) is 0 Å². The second-order valence-electron chi connectivity index (χ2n) is 1.78. The van der Waals surface area contributed by atoms with Crippen LogP contribution in [0, 0.1) is 0 Å². The normalized spacial score (nSPS) is 8.86. The molecule has 42 valence electrons. The largest absolute Gasteiger partial charge is 0.188 e. The molecule has 2 heteroatoms. The molecule has 0 aliphatic rings. The molecule has 0 aromatic rings. The summed E-state index contributed by atoms with van der Waals surface area (Å²) in [5.74, 6) is 0. The van der Waals surface area contributed by atoms with Crippen molar-refractivity contribution in [3.05, 3.63) is 0 Å². The Morgan fingerprint density at radius 3 is 2.71 bits per heavy atom. The Morgan fingerprint density at radius 2 is 2.29 bits per heavy atom. The van der Waals surface area contributed by atoms with E-state index in [0.29, 0.717) is 0 Å². The Kier molecular flexibility index (Phi) is 6.80. The van der Waals surface area contributed by atoms with E-state index in [-0.39, 0.29) is 0 Å². The zero-order valence-corrected chi connectivity index (χ0v) is 5.88. The molecule has 0 aliphatic heterocycles. The van der Waals surface area contributed by atoms with E-state index in [0.717, 1.165) is 5.65 Å². The molecule has 0 spiro atoms. The summed E-state index contributed by atoms with van der Waals surface area (Å²) in [6, 6.07) is 0. The van der Waals surface area contributed by atoms with Gasteiger partial charge in [0, 0.05) is 0 Å². The lowest BCUT2D eigenvalue weighted by Gasteiger charge is -1.88. The Hall–Kier alpha value is 0.415. The molecule has 0 rings (SSSR count). The minimum atomic E-state index is 1.06. The molecule has 0 atom stereocenters. The summed E-state index contributed by atoms with van der Waals surface area (Å²) in [5.41, 5.74) is 1.06. The van der Waals surface area contributed by atoms with Gasteiger partial charge in [-0.25, -0.2) is 0 Å². The first-order chi connectivity index (χ1) is 3.41. The molecule has 7 heavy (non-hydrogen) atoms. The number of hydrogen-bond donors (Lipinski definition) is 1. The monoisotopic (exact) mass is 116 g/mol. The van der Waals surface area contributed by atoms with Gasteiger partial charge in [-0.1, -0.05) is 26.1 Å². The van der Waals surface area contributed by atoms with Crippen molar-refractivity contribution in [3.63, 3.8) is 0 Å². The fraction of sp³-hybridized carbons (Fsp3) is 1.00. The van der Waals surface area contributed by atoms with Crippen molar-refractivity contribution in [2.45, 2.75) is 26.1 Å². The Bertz CT molecular complexity index is 27.3. The molecule has 0 saturated carbocycles. The van der Waals surface area contributed by atoms with Gasteiger partial charge in [0.05, 0.1) is 0 Å². The SMILES string of the molecule is CCCCBCS. The summed E-state index contributed by atoms with van der Waals surface area (Å²) in [6.45, 7) is 2.22. The van der Waals surface area contributed by atoms with Gasteiger partial charge in [0.15, 0.2) is 0 Å². The zero-order valence-electron chi connectivity index (χ0n) is 4.98. The van der Waals surface area contributed by atoms with Crippen LogP contribution in [0.15, 0.2) is 0 Å². The maximum absolute atomic E-state index is 4.09. The van der Waals surface area contributed by atoms with Crippen LogP contribution in [0.25, 0.3) is 0 Å². The van der Waals surface area contributed by atoms with Crippen LogP contribution < -0.4 is 0 Å². The molecule has 0 N–H and O–H groups in total. The van der Waals surface area contributed by atoms with E-state index in [9.17, 15) is 0 Å². The van der Waals surface area contributed by atoms with Crippen LogP contribution >= 0.6 is 12.6 Å². The van der Waals surface area contributed by atoms with Crippen LogP contribution in [0.4, 0.5) is 0 Å². The van der Waals surface area contributed by atoms with Crippen LogP contribution in [-0.4, -0.2) is 12.9 Å². The van der Waals surface area contributed by atoms with E-state index < -0.39 is 0 Å². The summed E-state index contributed by atoms with van der Waals surface area (Å²) in [6.07, 6.45) is 4.06. The van der Waals surface area contributed by atoms with Crippen LogP contribution in [0.2, 0.25) is 6.32 Å². The average Bonchev–Trinajstić information content (AvgIpc) is 1.69. The van der Waals surface area contributed by atoms with Gasteiger partial charge in [0.25, 0.3) is 0 Å². The van der Waals surface area contributed by atoms with Gasteiger partial charge in [-0.3, -0.25) is 0 Å². The first kappa shape index (κ1) is 7.41. The van der Waals surface area contributed by atoms with Crippen LogP contribution in [0.5, 0.6) is 0 Å². The standard InChI is InChI=1S/C5H13BS/c1-2-3-4-6-5-7/h6-7H,2-5H2,1H3. The van der Waals surface area contributed by atoms with E-state index in [1.54, 1.807) is 0 Å². The molecule has 0 saturated heterocycles. The maximum atomic E-state index is 4.09. The summed E-state index contributed by atoms with van der Waals surface area (Å²) in [5, 5.41) is 0. The number of rotatable bonds is 4. The summed E-state index contributed by atoms with van der Waals surface area (Å²) in [4.78, 5) is 0. The minimum absolute atomic E-state index is 1.06. The van der Waals surface area contributed by atoms with Crippen LogP contribution in [0.1, 0.15) is 19.8 Å². The van der Waals surface area contributed by atoms with Crippen molar-refractivity contribution in [2.24, 2.45) is 0 Å². The number of unbranched alkanes of at least 4 members (excludes halogenated alkanes) is 1. The lowest BCUT2D eigenvalue weighted by atomic mass is 9.76. The van der Waals surface area contributed by atoms with Gasteiger partial charge in [-0.2, -0.15) is 12.6 Å². The number of hydrogen-bond acceptors (Lipinski definition) is 1. The van der Waals surface area contributed by atoms with Crippen molar-refractivity contribution in [2.75, 3.05) is 5.65 Å². The highest BCUT2D eigenvalue weighted by molar-refractivity contribution is 7.81. The molecule has 0 aliphatic carbocycles. The molecule has 0 bridgehead atoms. The molecule has 0 radical (unpaired) electrons. The summed E-state index contributed by atoms with van der Waals surface area (Å²) >= 11 is 4.09. The van der Waals surface area contributed by atoms with E-state index in [1.165, 1.54) is 26.4 Å². The third-order valence-corrected chi connectivity index (χ3v) is 1.33. The van der Waals surface area contributed by atoms with Crippen molar-refractivity contribution in [1.29, 1.82) is 0 Å². The van der Waals surface area contributed by atoms with Gasteiger partial charge in [0.1, 0.15) is 7.28 Å². The van der Waals surface area contributed by atoms with Crippen molar-refractivity contribution >= 4 is 19.9 Å². The molecule has 0 aromatic heterocycles. The molecule has 0 amide bonds. The van der Waals surface area contributed by atoms with Gasteiger partial charge in [-0.05, 0) is 5.65 Å². The van der Waals surface area contributed by atoms with Gasteiger partial charge in [0.2, 0.25) is 0 Å². The first-order valence-corrected chi connectivity index (χ1v) is 3.66. The molecule has 0 nitrogen and oxygen atoms in total. The second-order valence-corrected chi connectivity index (χ2v) is 2.23. The first-order valence-electron chi connectivity index (χ1n) is 3.02. The predicted molar refractivity (Wildman–Crippen MR) is 40.7 cm³/mol. The summed E-state index contributed by atoms with van der Waals surface area (Å²) in [7, 11) is 1.29. The highest BCUT2D eigenvalue weighted by Crippen LogP contribution is 1.92. The van der Waals surface area contributed by atoms with E-state index in [2.05, 4.69) is 19.6 Å². The Labute approximate surface area is 52.3 Å². The van der Waals surface area contributed by atoms with Crippen molar-refractivity contribution in [3.8, 4) is 0 Å². The summed E-state index contributed by atoms with van der Waals surface area (Å²) < 4.78 is 0. The highest BCUT2D eigenvalue weighted by atomic mass is 32.1. The Morgan fingerprint density at radius 1 is 1.57 bits per heavy atom. The van der Waals surface area contributed by atoms with Crippen LogP contribution in [-0.2, 0) is 0 Å². The van der Waals surface area contributed by atoms with Crippen molar-refractivity contribution in [1.82, 2.24) is 0 Å². The number of thiol groups is 1. The lowest BCUT2D eigenvalue weighted by molar-refractivity contribution is 0.880. The minimum Gasteiger partial charge on any atom is -0.188 e. The topological polar surface area (TPSA) is 0 Å². The molecule has 0 fully saturated rings. The predicted octanol–water partition coefficient (Wildman–Crippen LogP) is 1.53. The lowest BCUT2D eigenvalue weighted by Crippen LogP contribution is -1.88. The fourth-order valence-corrected chi connectivity index (χ4v) is 0.762. The Balaban J connectivity index is 2.45. The smallest absolute Gasteiger partial charge is 0.132 e. The van der Waals surface area contributed by atoms with Crippen LogP contribution in [0.3, 0.4) is 0 Å². The van der Waals surface area contributed by atoms with Crippen molar-refractivity contribution < 1.29 is 0 Å². The molecule has 0 unspecified atom stereocenters. The molecular weight excluding hydrogens is 103 g/mol. The fourth-order valence-electron chi connectivity index (χ4n) is 0.539. The third-order valence-electron chi connectivity index (χ3n) is 1.01. The van der Waals surface area contributed by atoms with Gasteiger partial charge >= 0.3 is 0 Å².